The van der Waals surface area contributed by atoms with Gasteiger partial charge < -0.3 is 9.26 Å². The molecule has 2 saturated heterocycles. The number of morpholine rings is 1. The zero-order chi connectivity index (χ0) is 15.2. The van der Waals surface area contributed by atoms with Gasteiger partial charge in [-0.3, -0.25) is 4.90 Å². The maximum Gasteiger partial charge on any atom is 0.270 e. The summed E-state index contributed by atoms with van der Waals surface area (Å²) in [7, 11) is 0. The fourth-order valence-electron chi connectivity index (χ4n) is 3.66. The molecule has 2 unspecified atom stereocenters. The van der Waals surface area contributed by atoms with Gasteiger partial charge in [-0.25, -0.2) is 4.98 Å². The minimum absolute atomic E-state index is 0.0702. The van der Waals surface area contributed by atoms with Crippen molar-refractivity contribution in [3.8, 4) is 10.8 Å². The van der Waals surface area contributed by atoms with E-state index in [1.807, 2.05) is 5.51 Å². The highest BCUT2D eigenvalue weighted by atomic mass is 32.1. The lowest BCUT2D eigenvalue weighted by atomic mass is 10.0. The lowest BCUT2D eigenvalue weighted by Crippen LogP contribution is -2.49. The highest BCUT2D eigenvalue weighted by Gasteiger charge is 2.35. The molecule has 2 atom stereocenters. The molecule has 0 aromatic carbocycles. The molecule has 2 aliphatic heterocycles. The van der Waals surface area contributed by atoms with Crippen LogP contribution in [0.5, 0.6) is 0 Å². The van der Waals surface area contributed by atoms with Gasteiger partial charge in [-0.2, -0.15) is 4.98 Å². The smallest absolute Gasteiger partial charge is 0.270 e. The van der Waals surface area contributed by atoms with Gasteiger partial charge in [0.2, 0.25) is 5.82 Å². The number of nitrogens with zero attached hydrogens (tertiary/aromatic N) is 4. The first-order valence-corrected chi connectivity index (χ1v) is 9.39. The minimum Gasteiger partial charge on any atom is -0.367 e. The first-order valence-electron chi connectivity index (χ1n) is 8.51. The van der Waals surface area contributed by atoms with E-state index < -0.39 is 0 Å². The molecule has 0 amide bonds. The highest BCUT2D eigenvalue weighted by molar-refractivity contribution is 7.13. The summed E-state index contributed by atoms with van der Waals surface area (Å²) < 4.78 is 11.5. The summed E-state index contributed by atoms with van der Waals surface area (Å²) in [5, 5.41) is 4.20. The standard InChI is InChI=1S/C16H20N4O2S/c1-2-6-20-7-12(21-8-11(20)3-1)15-18-16(22-19-15)14-13(10-4-5-10)17-9-23-14/h9-12H,1-8H2. The number of ether oxygens (including phenoxy) is 1. The fourth-order valence-corrected chi connectivity index (χ4v) is 4.45. The van der Waals surface area contributed by atoms with Crippen LogP contribution in [0.1, 0.15) is 55.6 Å². The molecule has 0 bridgehead atoms. The quantitative estimate of drug-likeness (QED) is 0.861. The predicted octanol–water partition coefficient (Wildman–Crippen LogP) is 3.00. The molecule has 0 N–H and O–H groups in total. The number of hydrogen-bond acceptors (Lipinski definition) is 7. The fraction of sp³-hybridized carbons (Fsp3) is 0.688. The molecule has 3 aliphatic rings. The Labute approximate surface area is 138 Å². The summed E-state index contributed by atoms with van der Waals surface area (Å²) >= 11 is 1.59. The van der Waals surface area contributed by atoms with Crippen molar-refractivity contribution in [1.29, 1.82) is 0 Å². The van der Waals surface area contributed by atoms with E-state index in [0.717, 1.165) is 30.3 Å². The average molecular weight is 332 g/mol. The number of aromatic nitrogens is 3. The third-order valence-corrected chi connectivity index (χ3v) is 5.95. The van der Waals surface area contributed by atoms with Crippen molar-refractivity contribution < 1.29 is 9.26 Å². The third kappa shape index (κ3) is 2.60. The molecule has 4 heterocycles. The van der Waals surface area contributed by atoms with Crippen LogP contribution in [0.2, 0.25) is 0 Å². The van der Waals surface area contributed by atoms with E-state index in [-0.39, 0.29) is 6.10 Å². The van der Waals surface area contributed by atoms with Crippen LogP contribution in [0, 0.1) is 0 Å². The maximum atomic E-state index is 6.02. The van der Waals surface area contributed by atoms with Crippen molar-refractivity contribution in [3.05, 3.63) is 17.0 Å². The van der Waals surface area contributed by atoms with Crippen LogP contribution in [0.4, 0.5) is 0 Å². The van der Waals surface area contributed by atoms with E-state index in [0.29, 0.717) is 23.7 Å². The molecule has 0 radical (unpaired) electrons. The van der Waals surface area contributed by atoms with Crippen molar-refractivity contribution in [2.45, 2.75) is 50.2 Å². The Morgan fingerprint density at radius 1 is 1.22 bits per heavy atom. The van der Waals surface area contributed by atoms with Crippen LogP contribution in [-0.4, -0.2) is 45.8 Å². The molecule has 1 aliphatic carbocycles. The molecule has 2 aromatic heterocycles. The molecular weight excluding hydrogens is 312 g/mol. The molecule has 1 saturated carbocycles. The van der Waals surface area contributed by atoms with Crippen LogP contribution >= 0.6 is 11.3 Å². The van der Waals surface area contributed by atoms with Gasteiger partial charge in [0.05, 0.1) is 17.8 Å². The van der Waals surface area contributed by atoms with Gasteiger partial charge in [0.15, 0.2) is 0 Å². The van der Waals surface area contributed by atoms with Crippen molar-refractivity contribution >= 4 is 11.3 Å². The maximum absolute atomic E-state index is 6.02. The van der Waals surface area contributed by atoms with Gasteiger partial charge in [0.25, 0.3) is 5.89 Å². The monoisotopic (exact) mass is 332 g/mol. The number of thiazole rings is 1. The third-order valence-electron chi connectivity index (χ3n) is 5.12. The van der Waals surface area contributed by atoms with Crippen molar-refractivity contribution in [1.82, 2.24) is 20.0 Å². The molecular formula is C16H20N4O2S. The van der Waals surface area contributed by atoms with Crippen LogP contribution in [0.15, 0.2) is 10.0 Å². The van der Waals surface area contributed by atoms with E-state index in [1.54, 1.807) is 11.3 Å². The van der Waals surface area contributed by atoms with E-state index in [1.165, 1.54) is 32.1 Å². The normalized spacial score (nSPS) is 28.7. The number of hydrogen-bond donors (Lipinski definition) is 0. The molecule has 6 nitrogen and oxygen atoms in total. The molecule has 122 valence electrons. The Kier molecular flexibility index (Phi) is 3.45. The Morgan fingerprint density at radius 2 is 2.17 bits per heavy atom. The van der Waals surface area contributed by atoms with E-state index in [4.69, 9.17) is 9.26 Å². The van der Waals surface area contributed by atoms with Gasteiger partial charge in [-0.05, 0) is 32.2 Å². The molecule has 5 rings (SSSR count). The van der Waals surface area contributed by atoms with Gasteiger partial charge >= 0.3 is 0 Å². The number of piperidine rings is 1. The largest absolute Gasteiger partial charge is 0.367 e. The Hall–Kier alpha value is -1.31. The topological polar surface area (TPSA) is 64.3 Å². The number of fused-ring (bicyclic) bond motifs is 1. The first kappa shape index (κ1) is 14.1. The van der Waals surface area contributed by atoms with Crippen LogP contribution in [-0.2, 0) is 4.74 Å². The summed E-state index contributed by atoms with van der Waals surface area (Å²) in [5.41, 5.74) is 3.01. The lowest BCUT2D eigenvalue weighted by Gasteiger charge is -2.41. The second-order valence-corrected chi connectivity index (χ2v) is 7.62. The zero-order valence-electron chi connectivity index (χ0n) is 13.0. The molecule has 23 heavy (non-hydrogen) atoms. The van der Waals surface area contributed by atoms with Crippen molar-refractivity contribution in [2.75, 3.05) is 19.7 Å². The molecule has 7 heteroatoms. The van der Waals surface area contributed by atoms with E-state index in [2.05, 4.69) is 20.0 Å². The lowest BCUT2D eigenvalue weighted by molar-refractivity contribution is -0.0805. The Morgan fingerprint density at radius 3 is 3.09 bits per heavy atom. The minimum atomic E-state index is -0.0702. The van der Waals surface area contributed by atoms with Crippen LogP contribution in [0.3, 0.4) is 0 Å². The van der Waals surface area contributed by atoms with E-state index >= 15 is 0 Å². The van der Waals surface area contributed by atoms with Crippen molar-refractivity contribution in [2.24, 2.45) is 0 Å². The predicted molar refractivity (Wildman–Crippen MR) is 85.3 cm³/mol. The highest BCUT2D eigenvalue weighted by Crippen LogP contribution is 2.44. The van der Waals surface area contributed by atoms with Gasteiger partial charge in [0, 0.05) is 18.5 Å². The second-order valence-electron chi connectivity index (χ2n) is 6.77. The average Bonchev–Trinajstić information content (AvgIpc) is 3.12. The Balaban J connectivity index is 1.36. The van der Waals surface area contributed by atoms with Gasteiger partial charge in [-0.1, -0.05) is 11.6 Å². The van der Waals surface area contributed by atoms with Crippen LogP contribution < -0.4 is 0 Å². The summed E-state index contributed by atoms with van der Waals surface area (Å²) in [6, 6.07) is 0.578. The molecule has 3 fully saturated rings. The molecule has 0 spiro atoms. The summed E-state index contributed by atoms with van der Waals surface area (Å²) in [6.45, 7) is 2.82. The summed E-state index contributed by atoms with van der Waals surface area (Å²) in [5.74, 6) is 1.87. The van der Waals surface area contributed by atoms with Crippen molar-refractivity contribution in [3.63, 3.8) is 0 Å². The SMILES string of the molecule is c1nc(C2CC2)c(-c2nc(C3CN4CCCCC4CO3)no2)s1. The summed E-state index contributed by atoms with van der Waals surface area (Å²) in [4.78, 5) is 12.7. The van der Waals surface area contributed by atoms with Gasteiger partial charge in [-0.15, -0.1) is 11.3 Å². The number of rotatable bonds is 3. The Bertz CT molecular complexity index is 696. The first-order chi connectivity index (χ1) is 11.4. The zero-order valence-corrected chi connectivity index (χ0v) is 13.8. The second kappa shape index (κ2) is 5.65. The summed E-state index contributed by atoms with van der Waals surface area (Å²) in [6.07, 6.45) is 6.22. The van der Waals surface area contributed by atoms with Crippen LogP contribution in [0.25, 0.3) is 10.8 Å². The van der Waals surface area contributed by atoms with Gasteiger partial charge in [0.1, 0.15) is 11.0 Å². The molecule has 2 aromatic rings. The van der Waals surface area contributed by atoms with E-state index in [9.17, 15) is 0 Å².